The minimum absolute atomic E-state index is 0.253. The van der Waals surface area contributed by atoms with Crippen molar-refractivity contribution in [3.63, 3.8) is 0 Å². The minimum atomic E-state index is -0.607. The third-order valence-corrected chi connectivity index (χ3v) is 2.47. The topological polar surface area (TPSA) is 0 Å². The summed E-state index contributed by atoms with van der Waals surface area (Å²) in [5.41, 5.74) is 0.772. The number of hydrogen-bond acceptors (Lipinski definition) is 0. The Labute approximate surface area is 90.3 Å². The first-order chi connectivity index (χ1) is 6.88. The highest BCUT2D eigenvalue weighted by Gasteiger charge is 2.22. The Morgan fingerprint density at radius 1 is 1.27 bits per heavy atom. The summed E-state index contributed by atoms with van der Waals surface area (Å²) in [5, 5.41) is 0. The molecule has 0 atom stereocenters. The van der Waals surface area contributed by atoms with Crippen molar-refractivity contribution < 1.29 is 8.78 Å². The van der Waals surface area contributed by atoms with E-state index in [0.29, 0.717) is 17.0 Å². The number of hydrogen-bond donors (Lipinski definition) is 0. The molecule has 1 aromatic rings. The summed E-state index contributed by atoms with van der Waals surface area (Å²) in [6, 6.07) is 5.15. The predicted molar refractivity (Wildman–Crippen MR) is 59.1 cm³/mol. The van der Waals surface area contributed by atoms with Crippen LogP contribution in [0.1, 0.15) is 38.8 Å². The van der Waals surface area contributed by atoms with Crippen LogP contribution < -0.4 is 0 Å². The standard InChI is InChI=1S/C13H17F2/c1-9(8-14)10-6-5-7-11(12(10)15)13(2,3)4/h5-7H,8H2,1-4H3. The van der Waals surface area contributed by atoms with Gasteiger partial charge in [0.15, 0.2) is 0 Å². The molecule has 15 heavy (non-hydrogen) atoms. The van der Waals surface area contributed by atoms with Crippen LogP contribution in [0.2, 0.25) is 0 Å². The first kappa shape index (κ1) is 12.2. The van der Waals surface area contributed by atoms with Crippen molar-refractivity contribution in [3.05, 3.63) is 41.1 Å². The van der Waals surface area contributed by atoms with E-state index < -0.39 is 6.67 Å². The summed E-state index contributed by atoms with van der Waals surface area (Å²) in [6.07, 6.45) is 0. The molecule has 0 spiro atoms. The zero-order chi connectivity index (χ0) is 11.6. The van der Waals surface area contributed by atoms with Crippen molar-refractivity contribution in [2.45, 2.75) is 33.1 Å². The molecule has 0 unspecified atom stereocenters. The van der Waals surface area contributed by atoms with Crippen molar-refractivity contribution in [2.24, 2.45) is 0 Å². The maximum Gasteiger partial charge on any atom is 0.130 e. The summed E-state index contributed by atoms with van der Waals surface area (Å²) >= 11 is 0. The van der Waals surface area contributed by atoms with Crippen LogP contribution in [-0.4, -0.2) is 6.67 Å². The molecular weight excluding hydrogens is 194 g/mol. The first-order valence-electron chi connectivity index (χ1n) is 5.05. The molecule has 0 saturated carbocycles. The SMILES string of the molecule is C[C](CF)c1cccc(C(C)(C)C)c1F. The maximum atomic E-state index is 14.0. The molecule has 1 aromatic carbocycles. The van der Waals surface area contributed by atoms with Crippen molar-refractivity contribution in [1.82, 2.24) is 0 Å². The Morgan fingerprint density at radius 2 is 1.87 bits per heavy atom. The lowest BCUT2D eigenvalue weighted by Gasteiger charge is -2.22. The predicted octanol–water partition coefficient (Wildman–Crippen LogP) is 4.04. The average molecular weight is 211 g/mol. The third-order valence-electron chi connectivity index (χ3n) is 2.47. The molecule has 0 heterocycles. The summed E-state index contributed by atoms with van der Waals surface area (Å²) in [6.45, 7) is 6.84. The second kappa shape index (κ2) is 4.30. The summed E-state index contributed by atoms with van der Waals surface area (Å²) < 4.78 is 26.5. The van der Waals surface area contributed by atoms with Crippen LogP contribution >= 0.6 is 0 Å². The van der Waals surface area contributed by atoms with Gasteiger partial charge in [-0.1, -0.05) is 45.9 Å². The van der Waals surface area contributed by atoms with Crippen LogP contribution in [0.25, 0.3) is 0 Å². The van der Waals surface area contributed by atoms with E-state index in [2.05, 4.69) is 0 Å². The molecule has 0 aliphatic carbocycles. The molecule has 0 saturated heterocycles. The van der Waals surface area contributed by atoms with E-state index in [1.54, 1.807) is 25.1 Å². The fourth-order valence-corrected chi connectivity index (χ4v) is 1.51. The van der Waals surface area contributed by atoms with Crippen LogP contribution in [0.5, 0.6) is 0 Å². The van der Waals surface area contributed by atoms with Crippen LogP contribution in [0.15, 0.2) is 18.2 Å². The quantitative estimate of drug-likeness (QED) is 0.692. The van der Waals surface area contributed by atoms with Crippen molar-refractivity contribution in [2.75, 3.05) is 6.67 Å². The monoisotopic (exact) mass is 211 g/mol. The highest BCUT2D eigenvalue weighted by molar-refractivity contribution is 5.38. The molecule has 0 amide bonds. The highest BCUT2D eigenvalue weighted by Crippen LogP contribution is 2.29. The molecule has 0 nitrogen and oxygen atoms in total. The third kappa shape index (κ3) is 2.55. The molecular formula is C13H17F2. The van der Waals surface area contributed by atoms with Crippen LogP contribution in [0.4, 0.5) is 8.78 Å². The van der Waals surface area contributed by atoms with Crippen LogP contribution in [0, 0.1) is 11.7 Å². The van der Waals surface area contributed by atoms with Crippen LogP contribution in [-0.2, 0) is 5.41 Å². The lowest BCUT2D eigenvalue weighted by atomic mass is 9.84. The van der Waals surface area contributed by atoms with E-state index in [-0.39, 0.29) is 11.2 Å². The highest BCUT2D eigenvalue weighted by atomic mass is 19.1. The fraction of sp³-hybridized carbons (Fsp3) is 0.462. The molecule has 0 fully saturated rings. The Kier molecular flexibility index (Phi) is 3.48. The minimum Gasteiger partial charge on any atom is -0.250 e. The van der Waals surface area contributed by atoms with E-state index in [1.807, 2.05) is 20.8 Å². The van der Waals surface area contributed by atoms with Crippen molar-refractivity contribution in [1.29, 1.82) is 0 Å². The number of rotatable bonds is 2. The zero-order valence-electron chi connectivity index (χ0n) is 9.70. The first-order valence-corrected chi connectivity index (χ1v) is 5.05. The Balaban J connectivity index is 3.23. The summed E-state index contributed by atoms with van der Waals surface area (Å²) in [5.74, 6) is 0.152. The van der Waals surface area contributed by atoms with E-state index in [0.717, 1.165) is 0 Å². The van der Waals surface area contributed by atoms with Gasteiger partial charge in [-0.05, 0) is 16.5 Å². The number of benzene rings is 1. The molecule has 1 rings (SSSR count). The molecule has 83 valence electrons. The van der Waals surface area contributed by atoms with Gasteiger partial charge in [-0.2, -0.15) is 0 Å². The Hall–Kier alpha value is -0.920. The Morgan fingerprint density at radius 3 is 2.33 bits per heavy atom. The van der Waals surface area contributed by atoms with Crippen molar-refractivity contribution in [3.8, 4) is 0 Å². The van der Waals surface area contributed by atoms with Gasteiger partial charge in [-0.15, -0.1) is 0 Å². The lowest BCUT2D eigenvalue weighted by Crippen LogP contribution is -2.15. The van der Waals surface area contributed by atoms with Gasteiger partial charge in [0.25, 0.3) is 0 Å². The number of alkyl halides is 1. The molecule has 0 N–H and O–H groups in total. The van der Waals surface area contributed by atoms with Crippen LogP contribution in [0.3, 0.4) is 0 Å². The maximum absolute atomic E-state index is 14.0. The fourth-order valence-electron chi connectivity index (χ4n) is 1.51. The van der Waals surface area contributed by atoms with E-state index in [9.17, 15) is 8.78 Å². The van der Waals surface area contributed by atoms with E-state index in [1.165, 1.54) is 0 Å². The molecule has 0 aliphatic rings. The van der Waals surface area contributed by atoms with Gasteiger partial charge in [-0.3, -0.25) is 4.39 Å². The van der Waals surface area contributed by atoms with Gasteiger partial charge in [0.05, 0.1) is 6.67 Å². The second-order valence-electron chi connectivity index (χ2n) is 4.83. The number of halogens is 2. The average Bonchev–Trinajstić information content (AvgIpc) is 2.15. The molecule has 0 aliphatic heterocycles. The lowest BCUT2D eigenvalue weighted by molar-refractivity contribution is 0.492. The normalized spacial score (nSPS) is 12.2. The second-order valence-corrected chi connectivity index (χ2v) is 4.83. The van der Waals surface area contributed by atoms with Crippen molar-refractivity contribution >= 4 is 0 Å². The largest absolute Gasteiger partial charge is 0.250 e. The molecule has 0 bridgehead atoms. The van der Waals surface area contributed by atoms with Gasteiger partial charge in [0, 0.05) is 5.92 Å². The van der Waals surface area contributed by atoms with Gasteiger partial charge >= 0.3 is 0 Å². The van der Waals surface area contributed by atoms with Gasteiger partial charge in [0.2, 0.25) is 0 Å². The molecule has 1 radical (unpaired) electrons. The Bertz CT molecular complexity index is 337. The van der Waals surface area contributed by atoms with E-state index in [4.69, 9.17) is 0 Å². The summed E-state index contributed by atoms with van der Waals surface area (Å²) in [7, 11) is 0. The zero-order valence-corrected chi connectivity index (χ0v) is 9.70. The smallest absolute Gasteiger partial charge is 0.130 e. The molecule has 2 heteroatoms. The van der Waals surface area contributed by atoms with Gasteiger partial charge < -0.3 is 0 Å². The molecule has 0 aromatic heterocycles. The van der Waals surface area contributed by atoms with Gasteiger partial charge in [0.1, 0.15) is 5.82 Å². The van der Waals surface area contributed by atoms with E-state index >= 15 is 0 Å². The summed E-state index contributed by atoms with van der Waals surface area (Å²) in [4.78, 5) is 0. The van der Waals surface area contributed by atoms with Gasteiger partial charge in [-0.25, -0.2) is 4.39 Å².